The molecule has 3 aromatic carbocycles. The monoisotopic (exact) mass is 374 g/mol. The molecule has 0 saturated carbocycles. The first-order chi connectivity index (χ1) is 13.0. The molecule has 4 aromatic rings. The van der Waals surface area contributed by atoms with Crippen LogP contribution in [0, 0.1) is 0 Å². The van der Waals surface area contributed by atoms with Gasteiger partial charge >= 0.3 is 0 Å². The molecule has 1 heterocycles. The van der Waals surface area contributed by atoms with Crippen LogP contribution in [0.25, 0.3) is 22.2 Å². The van der Waals surface area contributed by atoms with Crippen LogP contribution in [-0.4, -0.2) is 10.2 Å². The molecule has 27 heavy (non-hydrogen) atoms. The largest absolute Gasteiger partial charge is 0.411 e. The predicted octanol–water partition coefficient (Wildman–Crippen LogP) is 6.48. The fraction of sp³-hybridized carbons (Fsp3) is 0.217. The van der Waals surface area contributed by atoms with Crippen molar-refractivity contribution in [2.45, 2.75) is 37.2 Å². The normalized spacial score (nSPS) is 11.8. The molecule has 0 N–H and O–H groups in total. The molecule has 136 valence electrons. The summed E-state index contributed by atoms with van der Waals surface area (Å²) in [4.78, 5) is 0. The van der Waals surface area contributed by atoms with Crippen molar-refractivity contribution in [3.63, 3.8) is 0 Å². The van der Waals surface area contributed by atoms with E-state index in [9.17, 15) is 0 Å². The summed E-state index contributed by atoms with van der Waals surface area (Å²) in [5.41, 5.74) is 3.64. The van der Waals surface area contributed by atoms with Crippen LogP contribution in [0.15, 0.2) is 76.4 Å². The molecule has 0 spiro atoms. The SMILES string of the molecule is CC(C)(C)c1ccc(-c2nnc(SCc3cccc4ccccc34)o2)cc1. The molecule has 0 radical (unpaired) electrons. The summed E-state index contributed by atoms with van der Waals surface area (Å²) in [7, 11) is 0. The number of hydrogen-bond donors (Lipinski definition) is 0. The summed E-state index contributed by atoms with van der Waals surface area (Å²) >= 11 is 1.57. The van der Waals surface area contributed by atoms with Crippen LogP contribution < -0.4 is 0 Å². The van der Waals surface area contributed by atoms with Crippen molar-refractivity contribution in [2.75, 3.05) is 0 Å². The van der Waals surface area contributed by atoms with Crippen LogP contribution in [0.4, 0.5) is 0 Å². The quantitative estimate of drug-likeness (QED) is 0.383. The number of fused-ring (bicyclic) bond motifs is 1. The van der Waals surface area contributed by atoms with E-state index in [1.54, 1.807) is 11.8 Å². The van der Waals surface area contributed by atoms with Gasteiger partial charge in [0.05, 0.1) is 0 Å². The van der Waals surface area contributed by atoms with Gasteiger partial charge in [0, 0.05) is 11.3 Å². The lowest BCUT2D eigenvalue weighted by molar-refractivity contribution is 0.466. The summed E-state index contributed by atoms with van der Waals surface area (Å²) in [6, 6.07) is 23.2. The van der Waals surface area contributed by atoms with Gasteiger partial charge in [0.2, 0.25) is 5.89 Å². The molecule has 1 aromatic heterocycles. The van der Waals surface area contributed by atoms with Crippen molar-refractivity contribution in [3.05, 3.63) is 77.9 Å². The first kappa shape index (κ1) is 17.8. The summed E-state index contributed by atoms with van der Waals surface area (Å²) in [6.07, 6.45) is 0. The zero-order valence-electron chi connectivity index (χ0n) is 15.8. The zero-order valence-corrected chi connectivity index (χ0v) is 16.6. The Morgan fingerprint density at radius 1 is 0.852 bits per heavy atom. The number of hydrogen-bond acceptors (Lipinski definition) is 4. The van der Waals surface area contributed by atoms with Crippen LogP contribution in [0.5, 0.6) is 0 Å². The Kier molecular flexibility index (Phi) is 4.75. The van der Waals surface area contributed by atoms with Crippen LogP contribution in [0.2, 0.25) is 0 Å². The predicted molar refractivity (Wildman–Crippen MR) is 112 cm³/mol. The third kappa shape index (κ3) is 3.91. The molecule has 0 fully saturated rings. The summed E-state index contributed by atoms with van der Waals surface area (Å²) in [6.45, 7) is 6.62. The standard InChI is InChI=1S/C23H22N2OS/c1-23(2,3)19-13-11-17(12-14-19)21-24-25-22(26-21)27-15-18-9-6-8-16-7-4-5-10-20(16)18/h4-14H,15H2,1-3H3. The molecule has 0 aliphatic heterocycles. The number of benzene rings is 3. The molecule has 3 nitrogen and oxygen atoms in total. The van der Waals surface area contributed by atoms with Gasteiger partial charge in [-0.15, -0.1) is 10.2 Å². The van der Waals surface area contributed by atoms with Crippen molar-refractivity contribution in [1.82, 2.24) is 10.2 Å². The van der Waals surface area contributed by atoms with E-state index in [1.165, 1.54) is 21.9 Å². The van der Waals surface area contributed by atoms with Crippen LogP contribution >= 0.6 is 11.8 Å². The minimum absolute atomic E-state index is 0.132. The molecule has 4 heteroatoms. The molecule has 0 bridgehead atoms. The topological polar surface area (TPSA) is 38.9 Å². The molecule has 4 rings (SSSR count). The van der Waals surface area contributed by atoms with Gasteiger partial charge in [-0.25, -0.2) is 0 Å². The van der Waals surface area contributed by atoms with E-state index in [-0.39, 0.29) is 5.41 Å². The Bertz CT molecular complexity index is 1060. The van der Waals surface area contributed by atoms with E-state index in [0.29, 0.717) is 11.1 Å². The van der Waals surface area contributed by atoms with Crippen LogP contribution in [0.1, 0.15) is 31.9 Å². The highest BCUT2D eigenvalue weighted by Crippen LogP contribution is 2.30. The third-order valence-electron chi connectivity index (χ3n) is 4.64. The molecule has 0 saturated heterocycles. The first-order valence-electron chi connectivity index (χ1n) is 9.04. The van der Waals surface area contributed by atoms with Crippen molar-refractivity contribution in [3.8, 4) is 11.5 Å². The average Bonchev–Trinajstić information content (AvgIpc) is 3.15. The Labute approximate surface area is 163 Å². The summed E-state index contributed by atoms with van der Waals surface area (Å²) in [5.74, 6) is 1.36. The smallest absolute Gasteiger partial charge is 0.277 e. The lowest BCUT2D eigenvalue weighted by Crippen LogP contribution is -2.10. The van der Waals surface area contributed by atoms with Crippen molar-refractivity contribution >= 4 is 22.5 Å². The van der Waals surface area contributed by atoms with Gasteiger partial charge in [-0.05, 0) is 39.4 Å². The zero-order chi connectivity index (χ0) is 18.9. The van der Waals surface area contributed by atoms with Gasteiger partial charge in [-0.1, -0.05) is 87.1 Å². The van der Waals surface area contributed by atoms with Gasteiger partial charge in [0.1, 0.15) is 0 Å². The fourth-order valence-corrected chi connectivity index (χ4v) is 3.82. The van der Waals surface area contributed by atoms with Gasteiger partial charge in [0.15, 0.2) is 0 Å². The second kappa shape index (κ2) is 7.20. The van der Waals surface area contributed by atoms with E-state index < -0.39 is 0 Å². The maximum Gasteiger partial charge on any atom is 0.277 e. The Balaban J connectivity index is 1.50. The molecule has 0 unspecified atom stereocenters. The third-order valence-corrected chi connectivity index (χ3v) is 5.50. The Morgan fingerprint density at radius 2 is 1.59 bits per heavy atom. The van der Waals surface area contributed by atoms with Gasteiger partial charge in [-0.3, -0.25) is 0 Å². The van der Waals surface area contributed by atoms with Crippen LogP contribution in [0.3, 0.4) is 0 Å². The first-order valence-corrected chi connectivity index (χ1v) is 10.0. The second-order valence-corrected chi connectivity index (χ2v) is 8.55. The fourth-order valence-electron chi connectivity index (χ4n) is 3.06. The van der Waals surface area contributed by atoms with Gasteiger partial charge in [0.25, 0.3) is 5.22 Å². The highest BCUT2D eigenvalue weighted by Gasteiger charge is 2.15. The number of thioether (sulfide) groups is 1. The molecule has 0 atom stereocenters. The number of nitrogens with zero attached hydrogens (tertiary/aromatic N) is 2. The molecular formula is C23H22N2OS. The lowest BCUT2D eigenvalue weighted by atomic mass is 9.87. The van der Waals surface area contributed by atoms with E-state index in [0.717, 1.165) is 11.3 Å². The van der Waals surface area contributed by atoms with Crippen LogP contribution in [-0.2, 0) is 11.2 Å². The molecular weight excluding hydrogens is 352 g/mol. The second-order valence-electron chi connectivity index (χ2n) is 7.63. The minimum Gasteiger partial charge on any atom is -0.411 e. The summed E-state index contributed by atoms with van der Waals surface area (Å²) < 4.78 is 5.87. The molecule has 0 amide bonds. The summed E-state index contributed by atoms with van der Waals surface area (Å²) in [5, 5.41) is 11.5. The molecule has 0 aliphatic rings. The van der Waals surface area contributed by atoms with Gasteiger partial charge in [-0.2, -0.15) is 0 Å². The van der Waals surface area contributed by atoms with E-state index in [4.69, 9.17) is 4.42 Å². The van der Waals surface area contributed by atoms with Crippen molar-refractivity contribution in [2.24, 2.45) is 0 Å². The number of rotatable bonds is 4. The average molecular weight is 375 g/mol. The van der Waals surface area contributed by atoms with Crippen molar-refractivity contribution < 1.29 is 4.42 Å². The number of aromatic nitrogens is 2. The molecule has 0 aliphatic carbocycles. The Hall–Kier alpha value is -2.59. The maximum absolute atomic E-state index is 5.87. The van der Waals surface area contributed by atoms with Crippen molar-refractivity contribution in [1.29, 1.82) is 0 Å². The minimum atomic E-state index is 0.132. The van der Waals surface area contributed by atoms with E-state index in [2.05, 4.69) is 85.6 Å². The lowest BCUT2D eigenvalue weighted by Gasteiger charge is -2.18. The maximum atomic E-state index is 5.87. The Morgan fingerprint density at radius 3 is 2.37 bits per heavy atom. The van der Waals surface area contributed by atoms with E-state index >= 15 is 0 Å². The highest BCUT2D eigenvalue weighted by molar-refractivity contribution is 7.98. The van der Waals surface area contributed by atoms with Gasteiger partial charge < -0.3 is 4.42 Å². The highest BCUT2D eigenvalue weighted by atomic mass is 32.2. The van der Waals surface area contributed by atoms with E-state index in [1.807, 2.05) is 12.1 Å².